The smallest absolute Gasteiger partial charge is 0.277 e. The molecular weight excluding hydrogens is 314 g/mol. The lowest BCUT2D eigenvalue weighted by Gasteiger charge is -2.24. The highest BCUT2D eigenvalue weighted by atomic mass is 16.3. The molecule has 5 heteroatoms. The first-order valence-corrected chi connectivity index (χ1v) is 8.45. The number of nitrogens with two attached hydrogens (primary N) is 1. The van der Waals surface area contributed by atoms with E-state index in [2.05, 4.69) is 4.99 Å². The van der Waals surface area contributed by atoms with E-state index in [-0.39, 0.29) is 11.9 Å². The number of hydrogen-bond donors (Lipinski definition) is 1. The van der Waals surface area contributed by atoms with Gasteiger partial charge in [0.2, 0.25) is 0 Å². The van der Waals surface area contributed by atoms with Crippen molar-refractivity contribution in [3.05, 3.63) is 65.4 Å². The van der Waals surface area contributed by atoms with E-state index in [0.29, 0.717) is 24.4 Å². The molecule has 25 heavy (non-hydrogen) atoms. The van der Waals surface area contributed by atoms with Crippen molar-refractivity contribution in [2.75, 3.05) is 11.4 Å². The number of carbonyl (C=O) groups excluding carboxylic acids is 1. The number of rotatable bonds is 4. The molecule has 1 aliphatic carbocycles. The molecule has 1 heterocycles. The minimum Gasteiger partial charge on any atom is -0.844 e. The zero-order valence-corrected chi connectivity index (χ0v) is 14.5. The van der Waals surface area contributed by atoms with Gasteiger partial charge < -0.3 is 15.7 Å². The Morgan fingerprint density at radius 2 is 2.00 bits per heavy atom. The van der Waals surface area contributed by atoms with Crippen LogP contribution >= 0.6 is 0 Å². The number of hydrogen-bond acceptors (Lipinski definition) is 4. The Labute approximate surface area is 147 Å². The monoisotopic (exact) mass is 336 g/mol. The average molecular weight is 336 g/mol. The fraction of sp³-hybridized carbons (Fsp3) is 0.300. The molecule has 0 bridgehead atoms. The van der Waals surface area contributed by atoms with Gasteiger partial charge in [0.15, 0.2) is 0 Å². The van der Waals surface area contributed by atoms with E-state index >= 15 is 0 Å². The summed E-state index contributed by atoms with van der Waals surface area (Å²) >= 11 is 0. The Balaban J connectivity index is 1.94. The Morgan fingerprint density at radius 3 is 2.68 bits per heavy atom. The summed E-state index contributed by atoms with van der Waals surface area (Å²) in [5, 5.41) is 12.2. The van der Waals surface area contributed by atoms with Crippen LogP contribution in [0.25, 0.3) is 0 Å². The van der Waals surface area contributed by atoms with Crippen molar-refractivity contribution >= 4 is 17.3 Å². The maximum Gasteiger partial charge on any atom is 0.277 e. The number of aliphatic imine (C=N–C) groups is 1. The van der Waals surface area contributed by atoms with E-state index in [1.807, 2.05) is 44.2 Å². The van der Waals surface area contributed by atoms with Gasteiger partial charge in [-0.2, -0.15) is 0 Å². The first-order chi connectivity index (χ1) is 12.0. The lowest BCUT2D eigenvalue weighted by Crippen LogP contribution is -2.35. The Bertz CT molecular complexity index is 790. The van der Waals surface area contributed by atoms with Crippen molar-refractivity contribution in [3.8, 4) is 0 Å². The predicted octanol–water partition coefficient (Wildman–Crippen LogP) is 1.71. The van der Waals surface area contributed by atoms with Crippen LogP contribution in [0.5, 0.6) is 0 Å². The second-order valence-electron chi connectivity index (χ2n) is 6.29. The summed E-state index contributed by atoms with van der Waals surface area (Å²) in [6, 6.07) is 9.42. The van der Waals surface area contributed by atoms with Crippen LogP contribution < -0.4 is 15.7 Å². The fourth-order valence-corrected chi connectivity index (χ4v) is 3.09. The van der Waals surface area contributed by atoms with E-state index in [9.17, 15) is 9.90 Å². The second kappa shape index (κ2) is 7.17. The van der Waals surface area contributed by atoms with Crippen LogP contribution in [-0.4, -0.2) is 30.3 Å². The molecule has 5 nitrogen and oxygen atoms in total. The number of benzene rings is 1. The van der Waals surface area contributed by atoms with Crippen molar-refractivity contribution in [2.45, 2.75) is 32.4 Å². The quantitative estimate of drug-likeness (QED) is 0.909. The molecule has 2 unspecified atom stereocenters. The van der Waals surface area contributed by atoms with Gasteiger partial charge in [-0.3, -0.25) is 4.79 Å². The lowest BCUT2D eigenvalue weighted by molar-refractivity contribution is -0.379. The molecule has 0 aromatic heterocycles. The molecule has 2 atom stereocenters. The average Bonchev–Trinajstić information content (AvgIpc) is 2.82. The van der Waals surface area contributed by atoms with Gasteiger partial charge in [0.05, 0.1) is 6.04 Å². The van der Waals surface area contributed by atoms with Crippen LogP contribution in [0.4, 0.5) is 5.69 Å². The van der Waals surface area contributed by atoms with Crippen LogP contribution in [-0.2, 0) is 4.79 Å². The van der Waals surface area contributed by atoms with Gasteiger partial charge in [0.1, 0.15) is 5.70 Å². The zero-order chi connectivity index (χ0) is 18.0. The first-order valence-electron chi connectivity index (χ1n) is 8.45. The molecule has 2 N–H and O–H groups in total. The van der Waals surface area contributed by atoms with Gasteiger partial charge in [0, 0.05) is 11.4 Å². The molecule has 130 valence electrons. The standard InChI is InChI=1S/C20H22N3O2/c1-13-14(2)23(16-6-4-3-5-7-16)20(25)19(13)22-17-12-15(10-11-21)8-9-18(17)24/h3-9,12,14,18H,10-11,21H2,1-2H3/q-1. The molecule has 0 saturated carbocycles. The van der Waals surface area contributed by atoms with E-state index in [0.717, 1.165) is 16.8 Å². The molecule has 1 amide bonds. The minimum absolute atomic E-state index is 0.0917. The van der Waals surface area contributed by atoms with Gasteiger partial charge in [-0.1, -0.05) is 36.5 Å². The highest BCUT2D eigenvalue weighted by Gasteiger charge is 2.35. The molecule has 3 rings (SSSR count). The molecule has 0 fully saturated rings. The number of nitrogens with zero attached hydrogens (tertiary/aromatic N) is 2. The van der Waals surface area contributed by atoms with Gasteiger partial charge in [-0.15, -0.1) is 0 Å². The Hall–Kier alpha value is -2.50. The van der Waals surface area contributed by atoms with Crippen LogP contribution in [0.2, 0.25) is 0 Å². The van der Waals surface area contributed by atoms with Crippen molar-refractivity contribution < 1.29 is 9.90 Å². The van der Waals surface area contributed by atoms with E-state index in [4.69, 9.17) is 5.73 Å². The second-order valence-corrected chi connectivity index (χ2v) is 6.29. The molecule has 1 aromatic rings. The number of amides is 1. The summed E-state index contributed by atoms with van der Waals surface area (Å²) in [5.74, 6) is -0.167. The van der Waals surface area contributed by atoms with Crippen LogP contribution in [0.1, 0.15) is 20.3 Å². The summed E-state index contributed by atoms with van der Waals surface area (Å²) in [7, 11) is 0. The molecule has 2 aliphatic rings. The summed E-state index contributed by atoms with van der Waals surface area (Å²) < 4.78 is 0. The molecule has 0 radical (unpaired) electrons. The third-order valence-corrected chi connectivity index (χ3v) is 4.63. The zero-order valence-electron chi connectivity index (χ0n) is 14.5. The van der Waals surface area contributed by atoms with Crippen LogP contribution in [0, 0.1) is 0 Å². The summed E-state index contributed by atoms with van der Waals surface area (Å²) in [5.41, 5.74) is 8.99. The first kappa shape index (κ1) is 17.3. The van der Waals surface area contributed by atoms with Crippen molar-refractivity contribution in [1.29, 1.82) is 0 Å². The fourth-order valence-electron chi connectivity index (χ4n) is 3.09. The third kappa shape index (κ3) is 3.34. The number of anilines is 1. The molecule has 1 aliphatic heterocycles. The normalized spacial score (nSPS) is 25.1. The van der Waals surface area contributed by atoms with Gasteiger partial charge in [0.25, 0.3) is 5.91 Å². The SMILES string of the molecule is CC1=C(N=C2C=C(CCN)C=CC2[O-])C(=O)N(c2ccccc2)C1C. The summed E-state index contributed by atoms with van der Waals surface area (Å²) in [4.78, 5) is 19.1. The highest BCUT2D eigenvalue weighted by molar-refractivity contribution is 6.13. The van der Waals surface area contributed by atoms with Crippen molar-refractivity contribution in [2.24, 2.45) is 10.7 Å². The van der Waals surface area contributed by atoms with E-state index < -0.39 is 6.10 Å². The largest absolute Gasteiger partial charge is 0.844 e. The predicted molar refractivity (Wildman–Crippen MR) is 98.2 cm³/mol. The van der Waals surface area contributed by atoms with E-state index in [1.54, 1.807) is 23.1 Å². The van der Waals surface area contributed by atoms with Crippen LogP contribution in [0.15, 0.2) is 70.4 Å². The van der Waals surface area contributed by atoms with Gasteiger partial charge >= 0.3 is 0 Å². The third-order valence-electron chi connectivity index (χ3n) is 4.63. The van der Waals surface area contributed by atoms with Gasteiger partial charge in [-0.05, 0) is 56.2 Å². The van der Waals surface area contributed by atoms with Crippen molar-refractivity contribution in [1.82, 2.24) is 0 Å². The molecule has 0 saturated heterocycles. The number of para-hydroxylation sites is 1. The Morgan fingerprint density at radius 1 is 1.28 bits per heavy atom. The summed E-state index contributed by atoms with van der Waals surface area (Å²) in [6.45, 7) is 4.37. The molecular formula is C20H22N3O2-. The lowest BCUT2D eigenvalue weighted by atomic mass is 10.0. The molecule has 0 spiro atoms. The number of allylic oxidation sites excluding steroid dienone is 1. The Kier molecular flexibility index (Phi) is 4.97. The summed E-state index contributed by atoms with van der Waals surface area (Å²) in [6.07, 6.45) is 4.74. The molecule has 1 aromatic carbocycles. The highest BCUT2D eigenvalue weighted by Crippen LogP contribution is 2.31. The van der Waals surface area contributed by atoms with Gasteiger partial charge in [-0.25, -0.2) is 4.99 Å². The van der Waals surface area contributed by atoms with Crippen LogP contribution in [0.3, 0.4) is 0 Å². The topological polar surface area (TPSA) is 81.7 Å². The minimum atomic E-state index is -1.06. The van der Waals surface area contributed by atoms with E-state index in [1.165, 1.54) is 0 Å². The van der Waals surface area contributed by atoms with Crippen molar-refractivity contribution in [3.63, 3.8) is 0 Å². The number of carbonyl (C=O) groups is 1. The maximum absolute atomic E-state index is 12.9. The maximum atomic E-state index is 12.9.